The molecule has 0 aliphatic heterocycles. The van der Waals surface area contributed by atoms with E-state index in [1.807, 2.05) is 36.4 Å². The molecule has 0 radical (unpaired) electrons. The molecule has 0 atom stereocenters. The molecule has 0 unspecified atom stereocenters. The fourth-order valence-electron chi connectivity index (χ4n) is 4.06. The quantitative estimate of drug-likeness (QED) is 0.345. The lowest BCUT2D eigenvalue weighted by Gasteiger charge is -2.28. The third-order valence-electron chi connectivity index (χ3n) is 5.88. The van der Waals surface area contributed by atoms with Crippen LogP contribution in [0.15, 0.2) is 48.5 Å². The molecule has 2 aromatic heterocycles. The number of esters is 1. The Labute approximate surface area is 190 Å². The smallest absolute Gasteiger partial charge is 0.343 e. The van der Waals surface area contributed by atoms with Crippen LogP contribution in [0.3, 0.4) is 0 Å². The van der Waals surface area contributed by atoms with Crippen molar-refractivity contribution < 1.29 is 14.3 Å². The Morgan fingerprint density at radius 1 is 1.09 bits per heavy atom. The molecule has 6 nitrogen and oxygen atoms in total. The van der Waals surface area contributed by atoms with Crippen molar-refractivity contribution >= 4 is 28.2 Å². The molecular formula is C25H23N3O3S. The Balaban J connectivity index is 1.70. The molecule has 0 amide bonds. The third kappa shape index (κ3) is 3.62. The maximum absolute atomic E-state index is 12.5. The molecule has 1 aliphatic carbocycles. The van der Waals surface area contributed by atoms with Gasteiger partial charge in [-0.2, -0.15) is 0 Å². The second kappa shape index (κ2) is 8.67. The number of ether oxygens (including phenoxy) is 2. The summed E-state index contributed by atoms with van der Waals surface area (Å²) >= 11 is 1.56. The zero-order chi connectivity index (χ0) is 22.1. The normalized spacial score (nSPS) is 13.7. The topological polar surface area (TPSA) is 74.2 Å². The summed E-state index contributed by atoms with van der Waals surface area (Å²) in [5, 5.41) is 11.6. The van der Waals surface area contributed by atoms with Gasteiger partial charge in [-0.15, -0.1) is 10.2 Å². The first-order valence-corrected chi connectivity index (χ1v) is 11.6. The molecule has 1 saturated carbocycles. The number of hydrogen-bond acceptors (Lipinski definition) is 7. The van der Waals surface area contributed by atoms with E-state index in [2.05, 4.69) is 16.3 Å². The van der Waals surface area contributed by atoms with Crippen molar-refractivity contribution in [2.45, 2.75) is 32.1 Å². The summed E-state index contributed by atoms with van der Waals surface area (Å²) in [6.07, 6.45) is 3.54. The van der Waals surface area contributed by atoms with E-state index in [1.165, 1.54) is 19.1 Å². The highest BCUT2D eigenvalue weighted by Crippen LogP contribution is 2.45. The number of benzene rings is 2. The number of pyridine rings is 1. The molecule has 1 aliphatic rings. The van der Waals surface area contributed by atoms with Gasteiger partial charge < -0.3 is 9.47 Å². The summed E-state index contributed by atoms with van der Waals surface area (Å²) in [4.78, 5) is 17.2. The molecule has 0 bridgehead atoms. The molecule has 2 aromatic carbocycles. The van der Waals surface area contributed by atoms with Crippen molar-refractivity contribution in [1.82, 2.24) is 15.2 Å². The van der Waals surface area contributed by atoms with Gasteiger partial charge in [0.2, 0.25) is 5.88 Å². The van der Waals surface area contributed by atoms with Gasteiger partial charge in [0.05, 0.1) is 19.2 Å². The Kier molecular flexibility index (Phi) is 5.57. The minimum absolute atomic E-state index is 0.260. The van der Waals surface area contributed by atoms with Gasteiger partial charge in [-0.1, -0.05) is 60.2 Å². The molecule has 32 heavy (non-hydrogen) atoms. The summed E-state index contributed by atoms with van der Waals surface area (Å²) in [7, 11) is 1.52. The van der Waals surface area contributed by atoms with Crippen LogP contribution in [-0.4, -0.2) is 34.9 Å². The fourth-order valence-corrected chi connectivity index (χ4v) is 4.97. The van der Waals surface area contributed by atoms with Gasteiger partial charge in [-0.25, -0.2) is 9.78 Å². The molecular weight excluding hydrogens is 422 g/mol. The second-order valence-electron chi connectivity index (χ2n) is 7.77. The van der Waals surface area contributed by atoms with Gasteiger partial charge in [0.25, 0.3) is 0 Å². The van der Waals surface area contributed by atoms with Crippen LogP contribution >= 0.6 is 11.3 Å². The van der Waals surface area contributed by atoms with E-state index >= 15 is 0 Å². The van der Waals surface area contributed by atoms with Crippen LogP contribution in [0, 0.1) is 0 Å². The lowest BCUT2D eigenvalue weighted by atomic mass is 9.77. The van der Waals surface area contributed by atoms with E-state index < -0.39 is 5.97 Å². The summed E-state index contributed by atoms with van der Waals surface area (Å²) in [5.41, 5.74) is 4.36. The number of methoxy groups -OCH3 is 1. The lowest BCUT2D eigenvalue weighted by molar-refractivity contribution is 0.0522. The minimum atomic E-state index is -0.439. The van der Waals surface area contributed by atoms with Crippen LogP contribution in [0.1, 0.15) is 48.0 Å². The minimum Gasteiger partial charge on any atom is -0.480 e. The summed E-state index contributed by atoms with van der Waals surface area (Å²) in [6.45, 7) is 2.07. The Bertz CT molecular complexity index is 1280. The number of fused-ring (bicyclic) bond motifs is 1. The molecule has 5 rings (SSSR count). The molecule has 0 saturated heterocycles. The monoisotopic (exact) mass is 445 g/mol. The lowest BCUT2D eigenvalue weighted by Crippen LogP contribution is -2.11. The van der Waals surface area contributed by atoms with E-state index in [0.29, 0.717) is 18.1 Å². The van der Waals surface area contributed by atoms with Crippen LogP contribution in [-0.2, 0) is 4.74 Å². The molecule has 162 valence electrons. The number of rotatable bonds is 6. The Hall–Kier alpha value is -3.32. The van der Waals surface area contributed by atoms with Crippen LogP contribution in [0.5, 0.6) is 5.88 Å². The van der Waals surface area contributed by atoms with Gasteiger partial charge in [-0.3, -0.25) is 0 Å². The van der Waals surface area contributed by atoms with E-state index in [4.69, 9.17) is 14.5 Å². The zero-order valence-corrected chi connectivity index (χ0v) is 18.8. The Morgan fingerprint density at radius 3 is 2.56 bits per heavy atom. The zero-order valence-electron chi connectivity index (χ0n) is 18.0. The van der Waals surface area contributed by atoms with Crippen molar-refractivity contribution in [2.24, 2.45) is 0 Å². The molecule has 0 spiro atoms. The van der Waals surface area contributed by atoms with Gasteiger partial charge in [0, 0.05) is 16.5 Å². The highest BCUT2D eigenvalue weighted by molar-refractivity contribution is 7.18. The standard InChI is InChI=1S/C25H23N3O3S/c1-3-31-25(29)19-14-17-12-13-18(15-10-7-11-15)20(21(17)26-22(19)30-2)24-28-27-23(32-24)16-8-5-4-6-9-16/h4-6,8-9,12-15H,3,7,10-11H2,1-2H3. The van der Waals surface area contributed by atoms with E-state index in [-0.39, 0.29) is 5.88 Å². The first-order chi connectivity index (χ1) is 15.7. The summed E-state index contributed by atoms with van der Waals surface area (Å²) in [5.74, 6) is 0.303. The van der Waals surface area contributed by atoms with Crippen molar-refractivity contribution in [3.05, 3.63) is 59.7 Å². The van der Waals surface area contributed by atoms with Crippen molar-refractivity contribution in [3.8, 4) is 27.0 Å². The van der Waals surface area contributed by atoms with Gasteiger partial charge in [0.1, 0.15) is 10.6 Å². The molecule has 4 aromatic rings. The Morgan fingerprint density at radius 2 is 1.88 bits per heavy atom. The van der Waals surface area contributed by atoms with Crippen LogP contribution in [0.4, 0.5) is 0 Å². The van der Waals surface area contributed by atoms with Crippen molar-refractivity contribution in [2.75, 3.05) is 13.7 Å². The van der Waals surface area contributed by atoms with Crippen molar-refractivity contribution in [1.29, 1.82) is 0 Å². The van der Waals surface area contributed by atoms with E-state index in [1.54, 1.807) is 24.3 Å². The molecule has 0 N–H and O–H groups in total. The molecule has 7 heteroatoms. The number of carbonyl (C=O) groups excluding carboxylic acids is 1. The van der Waals surface area contributed by atoms with Crippen molar-refractivity contribution in [3.63, 3.8) is 0 Å². The van der Waals surface area contributed by atoms with Crippen LogP contribution < -0.4 is 4.74 Å². The van der Waals surface area contributed by atoms with Gasteiger partial charge in [0.15, 0.2) is 5.01 Å². The van der Waals surface area contributed by atoms with Crippen LogP contribution in [0.2, 0.25) is 0 Å². The van der Waals surface area contributed by atoms with Gasteiger partial charge in [-0.05, 0) is 37.3 Å². The molecule has 1 fully saturated rings. The predicted octanol–water partition coefficient (Wildman–Crippen LogP) is 5.87. The highest BCUT2D eigenvalue weighted by atomic mass is 32.1. The third-order valence-corrected chi connectivity index (χ3v) is 6.87. The number of aromatic nitrogens is 3. The maximum atomic E-state index is 12.5. The number of nitrogens with zero attached hydrogens (tertiary/aromatic N) is 3. The van der Waals surface area contributed by atoms with Crippen LogP contribution in [0.25, 0.3) is 32.0 Å². The van der Waals surface area contributed by atoms with E-state index in [0.717, 1.165) is 44.9 Å². The first kappa shape index (κ1) is 20.6. The number of hydrogen-bond donors (Lipinski definition) is 0. The first-order valence-electron chi connectivity index (χ1n) is 10.8. The van der Waals surface area contributed by atoms with E-state index in [9.17, 15) is 4.79 Å². The highest BCUT2D eigenvalue weighted by Gasteiger charge is 2.27. The largest absolute Gasteiger partial charge is 0.480 e. The number of carbonyl (C=O) groups is 1. The summed E-state index contributed by atoms with van der Waals surface area (Å²) < 4.78 is 10.7. The average Bonchev–Trinajstić information content (AvgIpc) is 3.27. The SMILES string of the molecule is CCOC(=O)c1cc2ccc(C3CCC3)c(-c3nnc(-c4ccccc4)s3)c2nc1OC. The second-order valence-corrected chi connectivity index (χ2v) is 8.75. The summed E-state index contributed by atoms with van der Waals surface area (Å²) in [6, 6.07) is 16.0. The molecule has 2 heterocycles. The fraction of sp³-hybridized carbons (Fsp3) is 0.280. The predicted molar refractivity (Wildman–Crippen MR) is 125 cm³/mol. The average molecular weight is 446 g/mol. The van der Waals surface area contributed by atoms with Gasteiger partial charge >= 0.3 is 5.97 Å². The maximum Gasteiger partial charge on any atom is 0.343 e.